The molecule has 0 atom stereocenters. The van der Waals surface area contributed by atoms with Crippen molar-refractivity contribution in [3.8, 4) is 0 Å². The number of nitrogens with one attached hydrogen (secondary N) is 2. The van der Waals surface area contributed by atoms with Crippen molar-refractivity contribution in [1.29, 1.82) is 0 Å². The van der Waals surface area contributed by atoms with E-state index in [1.54, 1.807) is 35.3 Å². The molecule has 2 aromatic carbocycles. The van der Waals surface area contributed by atoms with Crippen LogP contribution in [0.5, 0.6) is 0 Å². The molecule has 0 saturated heterocycles. The molecule has 0 amide bonds. The Kier molecular flexibility index (Phi) is 5.35. The Morgan fingerprint density at radius 1 is 1.04 bits per heavy atom. The largest absolute Gasteiger partial charge is 0.358 e. The van der Waals surface area contributed by atoms with E-state index in [0.717, 1.165) is 16.8 Å². The van der Waals surface area contributed by atoms with Crippen molar-refractivity contribution in [1.82, 2.24) is 15.1 Å². The number of anilines is 1. The second kappa shape index (κ2) is 7.85. The number of thiocarbonyl (C=S) groups is 1. The van der Waals surface area contributed by atoms with Gasteiger partial charge in [0.1, 0.15) is 11.6 Å². The molecular weight excluding hydrogens is 342 g/mol. The summed E-state index contributed by atoms with van der Waals surface area (Å²) in [6, 6.07) is 12.6. The summed E-state index contributed by atoms with van der Waals surface area (Å²) in [6.45, 7) is 0.957. The van der Waals surface area contributed by atoms with Crippen LogP contribution in [-0.4, -0.2) is 14.9 Å². The van der Waals surface area contributed by atoms with E-state index in [-0.39, 0.29) is 11.6 Å². The third-order valence-corrected chi connectivity index (χ3v) is 3.74. The van der Waals surface area contributed by atoms with Gasteiger partial charge in [0.05, 0.1) is 18.4 Å². The van der Waals surface area contributed by atoms with Crippen molar-refractivity contribution >= 4 is 23.0 Å². The zero-order chi connectivity index (χ0) is 17.6. The maximum atomic E-state index is 13.2. The maximum Gasteiger partial charge on any atom is 0.171 e. The number of aromatic nitrogens is 2. The fourth-order valence-corrected chi connectivity index (χ4v) is 2.49. The first kappa shape index (κ1) is 17.0. The van der Waals surface area contributed by atoms with Crippen molar-refractivity contribution in [2.45, 2.75) is 13.1 Å². The van der Waals surface area contributed by atoms with Crippen LogP contribution in [0.2, 0.25) is 0 Å². The van der Waals surface area contributed by atoms with Crippen LogP contribution in [0.25, 0.3) is 0 Å². The summed E-state index contributed by atoms with van der Waals surface area (Å²) in [6.07, 6.45) is 3.43. The molecule has 0 spiro atoms. The van der Waals surface area contributed by atoms with Crippen LogP contribution in [0.4, 0.5) is 14.5 Å². The van der Waals surface area contributed by atoms with Gasteiger partial charge >= 0.3 is 0 Å². The van der Waals surface area contributed by atoms with E-state index in [0.29, 0.717) is 18.2 Å². The van der Waals surface area contributed by atoms with Gasteiger partial charge < -0.3 is 10.6 Å². The molecule has 25 heavy (non-hydrogen) atoms. The van der Waals surface area contributed by atoms with Gasteiger partial charge in [0.2, 0.25) is 0 Å². The summed E-state index contributed by atoms with van der Waals surface area (Å²) in [5.41, 5.74) is 2.48. The number of rotatable bonds is 5. The van der Waals surface area contributed by atoms with E-state index >= 15 is 0 Å². The van der Waals surface area contributed by atoms with Gasteiger partial charge in [-0.15, -0.1) is 0 Å². The Balaban J connectivity index is 1.52. The molecule has 3 rings (SSSR count). The number of hydrogen-bond acceptors (Lipinski definition) is 2. The van der Waals surface area contributed by atoms with Crippen LogP contribution in [0.1, 0.15) is 11.1 Å². The lowest BCUT2D eigenvalue weighted by Gasteiger charge is -2.09. The molecule has 0 unspecified atom stereocenters. The first-order valence-corrected chi connectivity index (χ1v) is 8.05. The van der Waals surface area contributed by atoms with Crippen molar-refractivity contribution in [2.75, 3.05) is 5.32 Å². The molecule has 0 bridgehead atoms. The third kappa shape index (κ3) is 5.09. The minimum Gasteiger partial charge on any atom is -0.358 e. The lowest BCUT2D eigenvalue weighted by atomic mass is 10.2. The van der Waals surface area contributed by atoms with Crippen LogP contribution < -0.4 is 10.6 Å². The molecule has 2 N–H and O–H groups in total. The highest BCUT2D eigenvalue weighted by molar-refractivity contribution is 7.80. The van der Waals surface area contributed by atoms with E-state index in [1.165, 1.54) is 24.3 Å². The molecular formula is C18H16F2N4S. The molecule has 0 fully saturated rings. The molecule has 4 nitrogen and oxygen atoms in total. The molecule has 7 heteroatoms. The smallest absolute Gasteiger partial charge is 0.171 e. The van der Waals surface area contributed by atoms with Gasteiger partial charge in [0.15, 0.2) is 5.11 Å². The Labute approximate surface area is 149 Å². The van der Waals surface area contributed by atoms with Gasteiger partial charge in [-0.05, 0) is 47.6 Å². The quantitative estimate of drug-likeness (QED) is 0.683. The van der Waals surface area contributed by atoms with E-state index in [9.17, 15) is 8.78 Å². The number of benzene rings is 2. The predicted octanol–water partition coefficient (Wildman–Crippen LogP) is 3.70. The molecule has 0 aliphatic heterocycles. The summed E-state index contributed by atoms with van der Waals surface area (Å²) < 4.78 is 27.8. The Bertz CT molecular complexity index is 862. The number of nitrogens with zero attached hydrogens (tertiary/aromatic N) is 2. The molecule has 3 aromatic rings. The first-order chi connectivity index (χ1) is 12.1. The van der Waals surface area contributed by atoms with Crippen LogP contribution in [0.3, 0.4) is 0 Å². The van der Waals surface area contributed by atoms with Gasteiger partial charge in [-0.3, -0.25) is 4.68 Å². The normalized spacial score (nSPS) is 10.5. The van der Waals surface area contributed by atoms with E-state index < -0.39 is 0 Å². The zero-order valence-electron chi connectivity index (χ0n) is 13.2. The number of halogens is 2. The number of hydrogen-bond donors (Lipinski definition) is 2. The van der Waals surface area contributed by atoms with Gasteiger partial charge in [-0.25, -0.2) is 8.78 Å². The Morgan fingerprint density at radius 3 is 2.60 bits per heavy atom. The predicted molar refractivity (Wildman–Crippen MR) is 97.2 cm³/mol. The van der Waals surface area contributed by atoms with Gasteiger partial charge in [0.25, 0.3) is 0 Å². The van der Waals surface area contributed by atoms with Crippen molar-refractivity contribution in [3.05, 3.63) is 83.7 Å². The fourth-order valence-electron chi connectivity index (χ4n) is 2.30. The van der Waals surface area contributed by atoms with Crippen LogP contribution >= 0.6 is 12.2 Å². The summed E-state index contributed by atoms with van der Waals surface area (Å²) in [5, 5.41) is 10.7. The van der Waals surface area contributed by atoms with Crippen molar-refractivity contribution in [2.24, 2.45) is 0 Å². The average molecular weight is 358 g/mol. The topological polar surface area (TPSA) is 41.9 Å². The van der Waals surface area contributed by atoms with Gasteiger partial charge in [-0.1, -0.05) is 24.3 Å². The first-order valence-electron chi connectivity index (χ1n) is 7.65. The Hall–Kier alpha value is -2.80. The highest BCUT2D eigenvalue weighted by Gasteiger charge is 2.03. The minimum atomic E-state index is -0.269. The average Bonchev–Trinajstić information content (AvgIpc) is 3.01. The molecule has 1 heterocycles. The lowest BCUT2D eigenvalue weighted by Crippen LogP contribution is -2.27. The fraction of sp³-hybridized carbons (Fsp3) is 0.111. The van der Waals surface area contributed by atoms with E-state index in [2.05, 4.69) is 15.7 Å². The summed E-state index contributed by atoms with van der Waals surface area (Å²) in [5.74, 6) is -0.538. The van der Waals surface area contributed by atoms with Gasteiger partial charge in [0, 0.05) is 12.7 Å². The van der Waals surface area contributed by atoms with Crippen LogP contribution in [0, 0.1) is 11.6 Å². The third-order valence-electron chi connectivity index (χ3n) is 3.49. The molecule has 1 aromatic heterocycles. The second-order valence-corrected chi connectivity index (χ2v) is 5.90. The SMILES string of the molecule is Fc1ccc(CNC(=S)Nc2cnn(Cc3cccc(F)c3)c2)cc1. The summed E-state index contributed by atoms with van der Waals surface area (Å²) >= 11 is 5.23. The molecule has 128 valence electrons. The maximum absolute atomic E-state index is 13.2. The Morgan fingerprint density at radius 2 is 1.84 bits per heavy atom. The summed E-state index contributed by atoms with van der Waals surface area (Å²) in [7, 11) is 0. The second-order valence-electron chi connectivity index (χ2n) is 5.49. The summed E-state index contributed by atoms with van der Waals surface area (Å²) in [4.78, 5) is 0. The molecule has 0 aliphatic carbocycles. The van der Waals surface area contributed by atoms with Crippen LogP contribution in [0.15, 0.2) is 60.9 Å². The molecule has 0 radical (unpaired) electrons. The highest BCUT2D eigenvalue weighted by Crippen LogP contribution is 2.09. The standard InChI is InChI=1S/C18H16F2N4S/c19-15-6-4-13(5-7-15)9-21-18(25)23-17-10-22-24(12-17)11-14-2-1-3-16(20)8-14/h1-8,10,12H,9,11H2,(H2,21,23,25). The van der Waals surface area contributed by atoms with Crippen molar-refractivity contribution < 1.29 is 8.78 Å². The van der Waals surface area contributed by atoms with Crippen LogP contribution in [-0.2, 0) is 13.1 Å². The monoisotopic (exact) mass is 358 g/mol. The van der Waals surface area contributed by atoms with E-state index in [1.807, 2.05) is 6.07 Å². The highest BCUT2D eigenvalue weighted by atomic mass is 32.1. The van der Waals surface area contributed by atoms with E-state index in [4.69, 9.17) is 12.2 Å². The van der Waals surface area contributed by atoms with Gasteiger partial charge in [-0.2, -0.15) is 5.10 Å². The minimum absolute atomic E-state index is 0.268. The zero-order valence-corrected chi connectivity index (χ0v) is 14.1. The molecule has 0 saturated carbocycles. The lowest BCUT2D eigenvalue weighted by molar-refractivity contribution is 0.619. The molecule has 0 aliphatic rings. The van der Waals surface area contributed by atoms with Crippen molar-refractivity contribution in [3.63, 3.8) is 0 Å².